The summed E-state index contributed by atoms with van der Waals surface area (Å²) in [5.74, 6) is -0.910. The normalized spacial score (nSPS) is 13.4. The summed E-state index contributed by atoms with van der Waals surface area (Å²) in [6, 6.07) is 5.23. The van der Waals surface area contributed by atoms with Crippen molar-refractivity contribution in [1.29, 1.82) is 0 Å². The number of carbonyl (C=O) groups is 1. The standard InChI is InChI=1S/C17H17ClFN3O2/c18-14-10-12(19)5-6-13(14)17(24)20-7-8-22-16(23)9-11-3-1-2-4-15(11)21-22/h5-6,9-10H,1-4,7-8H2,(H,20,24). The van der Waals surface area contributed by atoms with Crippen molar-refractivity contribution in [3.8, 4) is 0 Å². The molecule has 1 heterocycles. The van der Waals surface area contributed by atoms with E-state index in [1.54, 1.807) is 6.07 Å². The Morgan fingerprint density at radius 1 is 1.29 bits per heavy atom. The Balaban J connectivity index is 1.64. The molecule has 1 aliphatic rings. The maximum Gasteiger partial charge on any atom is 0.267 e. The van der Waals surface area contributed by atoms with Gasteiger partial charge in [0, 0.05) is 12.6 Å². The van der Waals surface area contributed by atoms with E-state index in [2.05, 4.69) is 10.4 Å². The van der Waals surface area contributed by atoms with Crippen LogP contribution in [0.2, 0.25) is 5.02 Å². The van der Waals surface area contributed by atoms with Crippen molar-refractivity contribution in [2.45, 2.75) is 32.2 Å². The monoisotopic (exact) mass is 349 g/mol. The number of hydrogen-bond acceptors (Lipinski definition) is 3. The number of nitrogens with one attached hydrogen (secondary N) is 1. The predicted octanol–water partition coefficient (Wildman–Crippen LogP) is 2.34. The number of aryl methyl sites for hydroxylation is 2. The zero-order valence-corrected chi connectivity index (χ0v) is 13.8. The second kappa shape index (κ2) is 7.13. The summed E-state index contributed by atoms with van der Waals surface area (Å²) in [5.41, 5.74) is 2.03. The Hall–Kier alpha value is -2.21. The molecule has 2 aromatic rings. The van der Waals surface area contributed by atoms with Gasteiger partial charge in [0.2, 0.25) is 0 Å². The zero-order valence-electron chi connectivity index (χ0n) is 13.0. The summed E-state index contributed by atoms with van der Waals surface area (Å²) in [6.45, 7) is 0.509. The van der Waals surface area contributed by atoms with Crippen LogP contribution < -0.4 is 10.9 Å². The first-order chi connectivity index (χ1) is 11.5. The average molecular weight is 350 g/mol. The quantitative estimate of drug-likeness (QED) is 0.921. The molecule has 0 unspecified atom stereocenters. The highest BCUT2D eigenvalue weighted by atomic mass is 35.5. The molecule has 0 saturated heterocycles. The van der Waals surface area contributed by atoms with E-state index in [-0.39, 0.29) is 29.2 Å². The van der Waals surface area contributed by atoms with Crippen LogP contribution >= 0.6 is 11.6 Å². The van der Waals surface area contributed by atoms with Gasteiger partial charge >= 0.3 is 0 Å². The van der Waals surface area contributed by atoms with E-state index in [1.807, 2.05) is 0 Å². The molecule has 0 aliphatic heterocycles. The number of halogens is 2. The highest BCUT2D eigenvalue weighted by Gasteiger charge is 2.14. The second-order valence-corrected chi connectivity index (χ2v) is 6.17. The lowest BCUT2D eigenvalue weighted by Gasteiger charge is -2.16. The van der Waals surface area contributed by atoms with E-state index >= 15 is 0 Å². The Labute approximate surface area is 143 Å². The summed E-state index contributed by atoms with van der Waals surface area (Å²) >= 11 is 5.86. The lowest BCUT2D eigenvalue weighted by atomic mass is 9.97. The Morgan fingerprint density at radius 3 is 2.88 bits per heavy atom. The molecule has 0 atom stereocenters. The average Bonchev–Trinajstić information content (AvgIpc) is 2.55. The highest BCUT2D eigenvalue weighted by Crippen LogP contribution is 2.17. The van der Waals surface area contributed by atoms with Gasteiger partial charge in [-0.05, 0) is 49.4 Å². The van der Waals surface area contributed by atoms with Crippen LogP contribution in [0.3, 0.4) is 0 Å². The van der Waals surface area contributed by atoms with Gasteiger partial charge in [-0.2, -0.15) is 5.10 Å². The molecule has 1 aromatic heterocycles. The van der Waals surface area contributed by atoms with Crippen LogP contribution in [0.4, 0.5) is 4.39 Å². The minimum atomic E-state index is -0.499. The SMILES string of the molecule is O=C(NCCn1nc2c(cc1=O)CCCC2)c1ccc(F)cc1Cl. The minimum absolute atomic E-state index is 0.0524. The topological polar surface area (TPSA) is 64.0 Å². The minimum Gasteiger partial charge on any atom is -0.350 e. The van der Waals surface area contributed by atoms with Crippen LogP contribution in [-0.2, 0) is 19.4 Å². The third-order valence-electron chi connectivity index (χ3n) is 4.06. The molecule has 24 heavy (non-hydrogen) atoms. The van der Waals surface area contributed by atoms with E-state index in [4.69, 9.17) is 11.6 Å². The number of rotatable bonds is 4. The first-order valence-electron chi connectivity index (χ1n) is 7.88. The molecular formula is C17H17ClFN3O2. The van der Waals surface area contributed by atoms with Gasteiger partial charge in [-0.25, -0.2) is 9.07 Å². The predicted molar refractivity (Wildman–Crippen MR) is 88.9 cm³/mol. The van der Waals surface area contributed by atoms with Crippen molar-refractivity contribution in [1.82, 2.24) is 15.1 Å². The summed E-state index contributed by atoms with van der Waals surface area (Å²) in [7, 11) is 0. The molecule has 1 aromatic carbocycles. The highest BCUT2D eigenvalue weighted by molar-refractivity contribution is 6.33. The number of amides is 1. The summed E-state index contributed by atoms with van der Waals surface area (Å²) < 4.78 is 14.4. The summed E-state index contributed by atoms with van der Waals surface area (Å²) in [6.07, 6.45) is 3.95. The third-order valence-corrected chi connectivity index (χ3v) is 4.37. The zero-order chi connectivity index (χ0) is 17.1. The van der Waals surface area contributed by atoms with Crippen LogP contribution in [0.5, 0.6) is 0 Å². The molecular weight excluding hydrogens is 333 g/mol. The molecule has 5 nitrogen and oxygen atoms in total. The van der Waals surface area contributed by atoms with E-state index in [0.29, 0.717) is 0 Å². The molecule has 0 bridgehead atoms. The first-order valence-corrected chi connectivity index (χ1v) is 8.25. The number of fused-ring (bicyclic) bond motifs is 1. The molecule has 1 N–H and O–H groups in total. The van der Waals surface area contributed by atoms with Crippen molar-refractivity contribution < 1.29 is 9.18 Å². The number of hydrogen-bond donors (Lipinski definition) is 1. The van der Waals surface area contributed by atoms with Crippen LogP contribution in [0.25, 0.3) is 0 Å². The fourth-order valence-corrected chi connectivity index (χ4v) is 3.06. The largest absolute Gasteiger partial charge is 0.350 e. The Bertz CT molecular complexity index is 835. The van der Waals surface area contributed by atoms with Gasteiger partial charge in [-0.1, -0.05) is 11.6 Å². The van der Waals surface area contributed by atoms with Crippen LogP contribution in [0, 0.1) is 5.82 Å². The molecule has 1 aliphatic carbocycles. The van der Waals surface area contributed by atoms with Gasteiger partial charge < -0.3 is 5.32 Å². The molecule has 7 heteroatoms. The van der Waals surface area contributed by atoms with Crippen molar-refractivity contribution >= 4 is 17.5 Å². The maximum absolute atomic E-state index is 13.0. The van der Waals surface area contributed by atoms with Crippen LogP contribution in [-0.4, -0.2) is 22.2 Å². The van der Waals surface area contributed by atoms with Crippen molar-refractivity contribution in [3.05, 3.63) is 62.3 Å². The lowest BCUT2D eigenvalue weighted by molar-refractivity contribution is 0.0952. The number of aromatic nitrogens is 2. The van der Waals surface area contributed by atoms with Gasteiger partial charge in [0.15, 0.2) is 0 Å². The van der Waals surface area contributed by atoms with Crippen LogP contribution in [0.15, 0.2) is 29.1 Å². The van der Waals surface area contributed by atoms with Gasteiger partial charge in [-0.3, -0.25) is 9.59 Å². The fourth-order valence-electron chi connectivity index (χ4n) is 2.81. The van der Waals surface area contributed by atoms with E-state index in [0.717, 1.165) is 43.0 Å². The Kier molecular flexibility index (Phi) is 4.94. The number of benzene rings is 1. The summed E-state index contributed by atoms with van der Waals surface area (Å²) in [4.78, 5) is 24.1. The molecule has 0 saturated carbocycles. The van der Waals surface area contributed by atoms with Gasteiger partial charge in [0.05, 0.1) is 22.8 Å². The lowest BCUT2D eigenvalue weighted by Crippen LogP contribution is -2.33. The van der Waals surface area contributed by atoms with Crippen molar-refractivity contribution in [2.75, 3.05) is 6.54 Å². The molecule has 0 spiro atoms. The van der Waals surface area contributed by atoms with E-state index in [9.17, 15) is 14.0 Å². The molecule has 3 rings (SSSR count). The van der Waals surface area contributed by atoms with Crippen molar-refractivity contribution in [3.63, 3.8) is 0 Å². The molecule has 1 amide bonds. The fraction of sp³-hybridized carbons (Fsp3) is 0.353. The Morgan fingerprint density at radius 2 is 2.08 bits per heavy atom. The number of carbonyl (C=O) groups excluding carboxylic acids is 1. The summed E-state index contributed by atoms with van der Waals surface area (Å²) in [5, 5.41) is 7.11. The first kappa shape index (κ1) is 16.6. The van der Waals surface area contributed by atoms with Crippen molar-refractivity contribution in [2.24, 2.45) is 0 Å². The van der Waals surface area contributed by atoms with Gasteiger partial charge in [0.1, 0.15) is 5.82 Å². The van der Waals surface area contributed by atoms with Gasteiger partial charge in [0.25, 0.3) is 11.5 Å². The van der Waals surface area contributed by atoms with Crippen LogP contribution in [0.1, 0.15) is 34.5 Å². The molecule has 0 fully saturated rings. The number of nitrogens with zero attached hydrogens (tertiary/aromatic N) is 2. The third kappa shape index (κ3) is 3.64. The molecule has 126 valence electrons. The van der Waals surface area contributed by atoms with E-state index < -0.39 is 11.7 Å². The smallest absolute Gasteiger partial charge is 0.267 e. The maximum atomic E-state index is 13.0. The van der Waals surface area contributed by atoms with Gasteiger partial charge in [-0.15, -0.1) is 0 Å². The molecule has 0 radical (unpaired) electrons. The second-order valence-electron chi connectivity index (χ2n) is 5.76. The van der Waals surface area contributed by atoms with E-state index in [1.165, 1.54) is 16.8 Å².